The number of anilines is 1. The molecule has 0 saturated heterocycles. The van der Waals surface area contributed by atoms with Crippen molar-refractivity contribution in [1.29, 1.82) is 0 Å². The maximum atomic E-state index is 12.6. The molecule has 0 radical (unpaired) electrons. The summed E-state index contributed by atoms with van der Waals surface area (Å²) in [6.45, 7) is 1.49. The summed E-state index contributed by atoms with van der Waals surface area (Å²) in [4.78, 5) is 4.26. The van der Waals surface area contributed by atoms with Crippen molar-refractivity contribution in [3.63, 3.8) is 0 Å². The van der Waals surface area contributed by atoms with Crippen LogP contribution in [0.5, 0.6) is 0 Å². The number of pyridine rings is 1. The Morgan fingerprint density at radius 1 is 1.11 bits per heavy atom. The van der Waals surface area contributed by atoms with Gasteiger partial charge in [0.05, 0.1) is 11.1 Å². The van der Waals surface area contributed by atoms with Crippen molar-refractivity contribution in [3.8, 4) is 0 Å². The van der Waals surface area contributed by atoms with Crippen LogP contribution >= 0.6 is 0 Å². The van der Waals surface area contributed by atoms with E-state index in [1.54, 1.807) is 12.1 Å². The highest BCUT2D eigenvalue weighted by atomic mass is 19.4. The van der Waals surface area contributed by atoms with Crippen molar-refractivity contribution < 1.29 is 13.2 Å². The topological polar surface area (TPSA) is 37.0 Å². The third-order valence-corrected chi connectivity index (χ3v) is 2.70. The largest absolute Gasteiger partial charge is 0.416 e. The van der Waals surface area contributed by atoms with Gasteiger partial charge in [-0.3, -0.25) is 0 Å². The average molecular weight is 269 g/mol. The van der Waals surface area contributed by atoms with Crippen LogP contribution < -0.4 is 10.6 Å². The van der Waals surface area contributed by atoms with Gasteiger partial charge in [-0.2, -0.15) is 13.2 Å². The Morgan fingerprint density at radius 2 is 1.89 bits per heavy atom. The van der Waals surface area contributed by atoms with E-state index >= 15 is 0 Å². The Labute approximate surface area is 108 Å². The first kappa shape index (κ1) is 13.6. The molecule has 0 bridgehead atoms. The minimum Gasteiger partial charge on any atom is -0.369 e. The molecule has 0 aliphatic rings. The molecule has 0 fully saturated rings. The van der Waals surface area contributed by atoms with E-state index < -0.39 is 11.7 Å². The highest BCUT2D eigenvalue weighted by molar-refractivity contribution is 5.81. The maximum absolute atomic E-state index is 12.6. The highest BCUT2D eigenvalue weighted by Crippen LogP contribution is 2.31. The molecule has 19 heavy (non-hydrogen) atoms. The van der Waals surface area contributed by atoms with Gasteiger partial charge in [0.1, 0.15) is 5.82 Å². The number of benzene rings is 1. The second kappa shape index (κ2) is 5.44. The molecule has 1 aromatic heterocycles. The van der Waals surface area contributed by atoms with E-state index in [4.69, 9.17) is 0 Å². The third kappa shape index (κ3) is 3.35. The first-order valence-electron chi connectivity index (χ1n) is 5.87. The van der Waals surface area contributed by atoms with Crippen molar-refractivity contribution in [2.24, 2.45) is 0 Å². The van der Waals surface area contributed by atoms with Crippen molar-refractivity contribution in [2.45, 2.75) is 6.18 Å². The summed E-state index contributed by atoms with van der Waals surface area (Å²) in [6.07, 6.45) is -4.32. The number of aromatic nitrogens is 1. The molecule has 0 spiro atoms. The quantitative estimate of drug-likeness (QED) is 0.838. The minimum absolute atomic E-state index is 0.481. The monoisotopic (exact) mass is 269 g/mol. The molecule has 1 aromatic carbocycles. The fourth-order valence-corrected chi connectivity index (χ4v) is 1.72. The van der Waals surface area contributed by atoms with Gasteiger partial charge in [0, 0.05) is 18.5 Å². The zero-order chi connectivity index (χ0) is 13.9. The molecule has 2 N–H and O–H groups in total. The summed E-state index contributed by atoms with van der Waals surface area (Å²) >= 11 is 0. The van der Waals surface area contributed by atoms with Gasteiger partial charge in [0.15, 0.2) is 0 Å². The number of fused-ring (bicyclic) bond motifs is 1. The molecule has 2 aromatic rings. The average Bonchev–Trinajstić information content (AvgIpc) is 2.37. The number of halogens is 3. The summed E-state index contributed by atoms with van der Waals surface area (Å²) in [6, 6.07) is 6.87. The van der Waals surface area contributed by atoms with Crippen LogP contribution in [0.4, 0.5) is 19.0 Å². The summed E-state index contributed by atoms with van der Waals surface area (Å²) in [5.41, 5.74) is -0.111. The SMILES string of the molecule is CNCCNc1ccc2cc(C(F)(F)F)ccc2n1. The second-order valence-corrected chi connectivity index (χ2v) is 4.13. The van der Waals surface area contributed by atoms with Crippen LogP contribution in [0.25, 0.3) is 10.9 Å². The number of hydrogen-bond donors (Lipinski definition) is 2. The molecule has 0 aliphatic carbocycles. The van der Waals surface area contributed by atoms with Crippen LogP contribution in [0, 0.1) is 0 Å². The summed E-state index contributed by atoms with van der Waals surface area (Å²) < 4.78 is 37.7. The van der Waals surface area contributed by atoms with Gasteiger partial charge in [-0.05, 0) is 37.4 Å². The van der Waals surface area contributed by atoms with Gasteiger partial charge in [0.25, 0.3) is 0 Å². The Balaban J connectivity index is 2.25. The smallest absolute Gasteiger partial charge is 0.369 e. The van der Waals surface area contributed by atoms with Gasteiger partial charge < -0.3 is 10.6 Å². The molecule has 0 aliphatic heterocycles. The van der Waals surface area contributed by atoms with Crippen molar-refractivity contribution >= 4 is 16.7 Å². The lowest BCUT2D eigenvalue weighted by molar-refractivity contribution is -0.137. The molecule has 0 saturated carbocycles. The number of nitrogens with zero attached hydrogens (tertiary/aromatic N) is 1. The second-order valence-electron chi connectivity index (χ2n) is 4.13. The number of hydrogen-bond acceptors (Lipinski definition) is 3. The van der Waals surface area contributed by atoms with E-state index in [1.807, 2.05) is 7.05 Å². The number of likely N-dealkylation sites (N-methyl/N-ethyl adjacent to an activating group) is 1. The van der Waals surface area contributed by atoms with Crippen LogP contribution in [-0.2, 0) is 6.18 Å². The number of rotatable bonds is 4. The van der Waals surface area contributed by atoms with Crippen LogP contribution in [0.2, 0.25) is 0 Å². The normalized spacial score (nSPS) is 11.8. The van der Waals surface area contributed by atoms with Gasteiger partial charge >= 0.3 is 6.18 Å². The molecule has 102 valence electrons. The zero-order valence-corrected chi connectivity index (χ0v) is 10.4. The molecule has 3 nitrogen and oxygen atoms in total. The zero-order valence-electron chi connectivity index (χ0n) is 10.4. The lowest BCUT2D eigenvalue weighted by atomic mass is 10.1. The molecule has 0 unspecified atom stereocenters. The maximum Gasteiger partial charge on any atom is 0.416 e. The Bertz CT molecular complexity index is 567. The first-order chi connectivity index (χ1) is 9.00. The van der Waals surface area contributed by atoms with E-state index in [0.29, 0.717) is 23.3 Å². The van der Waals surface area contributed by atoms with E-state index in [1.165, 1.54) is 6.07 Å². The van der Waals surface area contributed by atoms with E-state index in [9.17, 15) is 13.2 Å². The molecular weight excluding hydrogens is 255 g/mol. The first-order valence-corrected chi connectivity index (χ1v) is 5.87. The number of nitrogens with one attached hydrogen (secondary N) is 2. The van der Waals surface area contributed by atoms with Crippen molar-refractivity contribution in [2.75, 3.05) is 25.5 Å². The van der Waals surface area contributed by atoms with Crippen LogP contribution in [0.1, 0.15) is 5.56 Å². The molecular formula is C13H14F3N3. The molecule has 1 heterocycles. The summed E-state index contributed by atoms with van der Waals surface area (Å²) in [5.74, 6) is 0.655. The standard InChI is InChI=1S/C13H14F3N3/c1-17-6-7-18-12-5-2-9-8-10(13(14,15)16)3-4-11(9)19-12/h2-5,8,17H,6-7H2,1H3,(H,18,19). The molecule has 2 rings (SSSR count). The van der Waals surface area contributed by atoms with Gasteiger partial charge in [-0.25, -0.2) is 4.98 Å². The summed E-state index contributed by atoms with van der Waals surface area (Å²) in [7, 11) is 1.84. The minimum atomic E-state index is -4.32. The van der Waals surface area contributed by atoms with E-state index in [2.05, 4.69) is 15.6 Å². The van der Waals surface area contributed by atoms with Gasteiger partial charge in [-0.15, -0.1) is 0 Å². The molecule has 6 heteroatoms. The molecule has 0 atom stereocenters. The van der Waals surface area contributed by atoms with Crippen LogP contribution in [0.15, 0.2) is 30.3 Å². The fourth-order valence-electron chi connectivity index (χ4n) is 1.72. The Morgan fingerprint density at radius 3 is 2.58 bits per heavy atom. The van der Waals surface area contributed by atoms with Crippen LogP contribution in [0.3, 0.4) is 0 Å². The Kier molecular flexibility index (Phi) is 3.90. The fraction of sp³-hybridized carbons (Fsp3) is 0.308. The predicted molar refractivity (Wildman–Crippen MR) is 69.2 cm³/mol. The predicted octanol–water partition coefficient (Wildman–Crippen LogP) is 2.88. The van der Waals surface area contributed by atoms with Crippen molar-refractivity contribution in [1.82, 2.24) is 10.3 Å². The van der Waals surface area contributed by atoms with Gasteiger partial charge in [-0.1, -0.05) is 0 Å². The van der Waals surface area contributed by atoms with E-state index in [0.717, 1.165) is 18.7 Å². The van der Waals surface area contributed by atoms with Crippen LogP contribution in [-0.4, -0.2) is 25.1 Å². The lowest BCUT2D eigenvalue weighted by Crippen LogP contribution is -2.18. The summed E-state index contributed by atoms with van der Waals surface area (Å²) in [5, 5.41) is 6.55. The van der Waals surface area contributed by atoms with E-state index in [-0.39, 0.29) is 0 Å². The third-order valence-electron chi connectivity index (χ3n) is 2.70. The van der Waals surface area contributed by atoms with Crippen molar-refractivity contribution in [3.05, 3.63) is 35.9 Å². The lowest BCUT2D eigenvalue weighted by Gasteiger charge is -2.09. The number of alkyl halides is 3. The Hall–Kier alpha value is -1.82. The van der Waals surface area contributed by atoms with Gasteiger partial charge in [0.2, 0.25) is 0 Å². The molecule has 0 amide bonds. The highest BCUT2D eigenvalue weighted by Gasteiger charge is 2.30.